The maximum absolute atomic E-state index is 3.55. The molecule has 0 radical (unpaired) electrons. The summed E-state index contributed by atoms with van der Waals surface area (Å²) in [5.74, 6) is 0. The Hall–Kier alpha value is -0.540. The quantitative estimate of drug-likeness (QED) is 0.911. The lowest BCUT2D eigenvalue weighted by molar-refractivity contribution is 0.237. The average molecular weight is 283 g/mol. The van der Waals surface area contributed by atoms with Gasteiger partial charge in [0, 0.05) is 23.2 Å². The molecule has 3 heteroatoms. The summed E-state index contributed by atoms with van der Waals surface area (Å²) in [7, 11) is 0. The second kappa shape index (κ2) is 6.26. The summed E-state index contributed by atoms with van der Waals surface area (Å²) < 4.78 is 1.15. The number of anilines is 1. The molecular weight excluding hydrogens is 264 g/mol. The summed E-state index contributed by atoms with van der Waals surface area (Å²) in [6.07, 6.45) is 4.15. The highest BCUT2D eigenvalue weighted by atomic mass is 79.9. The maximum atomic E-state index is 3.55. The Bertz CT molecular complexity index is 321. The number of nitrogens with zero attached hydrogens (tertiary/aromatic N) is 1. The number of halogens is 1. The minimum atomic E-state index is 1.03. The van der Waals surface area contributed by atoms with Crippen LogP contribution in [0.2, 0.25) is 0 Å². The normalized spacial score (nSPS) is 17.3. The van der Waals surface area contributed by atoms with Crippen molar-refractivity contribution in [3.63, 3.8) is 0 Å². The Morgan fingerprint density at radius 3 is 2.62 bits per heavy atom. The highest BCUT2D eigenvalue weighted by Crippen LogP contribution is 2.20. The van der Waals surface area contributed by atoms with Gasteiger partial charge in [-0.1, -0.05) is 18.6 Å². The lowest BCUT2D eigenvalue weighted by Crippen LogP contribution is -2.33. The molecule has 0 bridgehead atoms. The summed E-state index contributed by atoms with van der Waals surface area (Å²) in [6, 6.07) is 8.29. The number of nitrogens with one attached hydrogen (secondary N) is 1. The van der Waals surface area contributed by atoms with Crippen LogP contribution in [0.1, 0.15) is 19.3 Å². The van der Waals surface area contributed by atoms with Crippen molar-refractivity contribution in [2.24, 2.45) is 0 Å². The Kier molecular flexibility index (Phi) is 4.67. The molecule has 0 aliphatic carbocycles. The second-order valence-corrected chi connectivity index (χ2v) is 5.16. The van der Waals surface area contributed by atoms with Crippen molar-refractivity contribution >= 4 is 21.6 Å². The second-order valence-electron chi connectivity index (χ2n) is 4.31. The molecule has 0 unspecified atom stereocenters. The third-order valence-corrected chi connectivity index (χ3v) is 3.76. The lowest BCUT2D eigenvalue weighted by Gasteiger charge is -2.26. The molecule has 1 aromatic carbocycles. The monoisotopic (exact) mass is 282 g/mol. The van der Waals surface area contributed by atoms with E-state index in [4.69, 9.17) is 0 Å². The standard InChI is InChI=1S/C13H19BrN2/c14-12-6-2-3-7-13(12)15-8-11-16-9-4-1-5-10-16/h2-3,6-7,15H,1,4-5,8-11H2. The molecule has 0 atom stereocenters. The Labute approximate surface area is 106 Å². The van der Waals surface area contributed by atoms with Crippen LogP contribution in [0.5, 0.6) is 0 Å². The van der Waals surface area contributed by atoms with E-state index in [-0.39, 0.29) is 0 Å². The number of likely N-dealkylation sites (tertiary alicyclic amines) is 1. The van der Waals surface area contributed by atoms with Crippen LogP contribution in [0.15, 0.2) is 28.7 Å². The largest absolute Gasteiger partial charge is 0.383 e. The third kappa shape index (κ3) is 3.49. The number of piperidine rings is 1. The van der Waals surface area contributed by atoms with Gasteiger partial charge in [-0.15, -0.1) is 0 Å². The van der Waals surface area contributed by atoms with E-state index in [0.29, 0.717) is 0 Å². The van der Waals surface area contributed by atoms with Gasteiger partial charge in [-0.3, -0.25) is 0 Å². The first-order valence-corrected chi connectivity index (χ1v) is 6.86. The molecule has 0 amide bonds. The zero-order valence-corrected chi connectivity index (χ0v) is 11.2. The Morgan fingerprint density at radius 1 is 1.12 bits per heavy atom. The van der Waals surface area contributed by atoms with Gasteiger partial charge in [-0.2, -0.15) is 0 Å². The zero-order chi connectivity index (χ0) is 11.2. The van der Waals surface area contributed by atoms with Crippen LogP contribution in [0.25, 0.3) is 0 Å². The molecular formula is C13H19BrN2. The van der Waals surface area contributed by atoms with Crippen molar-refractivity contribution in [2.45, 2.75) is 19.3 Å². The number of hydrogen-bond donors (Lipinski definition) is 1. The van der Waals surface area contributed by atoms with Crippen LogP contribution in [0, 0.1) is 0 Å². The van der Waals surface area contributed by atoms with E-state index >= 15 is 0 Å². The minimum absolute atomic E-state index is 1.03. The van der Waals surface area contributed by atoms with Gasteiger partial charge in [0.05, 0.1) is 0 Å². The van der Waals surface area contributed by atoms with Crippen LogP contribution in [0.3, 0.4) is 0 Å². The van der Waals surface area contributed by atoms with Gasteiger partial charge in [0.2, 0.25) is 0 Å². The van der Waals surface area contributed by atoms with E-state index in [1.54, 1.807) is 0 Å². The molecule has 1 N–H and O–H groups in total. The topological polar surface area (TPSA) is 15.3 Å². The average Bonchev–Trinajstić information content (AvgIpc) is 2.33. The van der Waals surface area contributed by atoms with Gasteiger partial charge in [0.15, 0.2) is 0 Å². The number of para-hydroxylation sites is 1. The summed E-state index contributed by atoms with van der Waals surface area (Å²) in [5, 5.41) is 3.47. The van der Waals surface area contributed by atoms with E-state index in [9.17, 15) is 0 Å². The first kappa shape index (κ1) is 11.9. The molecule has 0 aromatic heterocycles. The fourth-order valence-electron chi connectivity index (χ4n) is 2.14. The lowest BCUT2D eigenvalue weighted by atomic mass is 10.1. The molecule has 16 heavy (non-hydrogen) atoms. The van der Waals surface area contributed by atoms with Gasteiger partial charge < -0.3 is 10.2 Å². The SMILES string of the molecule is Brc1ccccc1NCCN1CCCCC1. The minimum Gasteiger partial charge on any atom is -0.383 e. The van der Waals surface area contributed by atoms with Gasteiger partial charge in [-0.25, -0.2) is 0 Å². The van der Waals surface area contributed by atoms with Crippen LogP contribution in [-0.2, 0) is 0 Å². The summed E-state index contributed by atoms with van der Waals surface area (Å²) in [4.78, 5) is 2.55. The van der Waals surface area contributed by atoms with Crippen molar-refractivity contribution in [1.82, 2.24) is 4.90 Å². The first-order chi connectivity index (χ1) is 7.86. The molecule has 1 aliphatic rings. The van der Waals surface area contributed by atoms with Gasteiger partial charge >= 0.3 is 0 Å². The molecule has 1 aromatic rings. The van der Waals surface area contributed by atoms with E-state index < -0.39 is 0 Å². The van der Waals surface area contributed by atoms with Crippen LogP contribution >= 0.6 is 15.9 Å². The van der Waals surface area contributed by atoms with Gasteiger partial charge in [0.1, 0.15) is 0 Å². The van der Waals surface area contributed by atoms with Crippen LogP contribution < -0.4 is 5.32 Å². The predicted octanol–water partition coefficient (Wildman–Crippen LogP) is 3.35. The molecule has 0 saturated carbocycles. The molecule has 1 saturated heterocycles. The summed E-state index contributed by atoms with van der Waals surface area (Å²) in [5.41, 5.74) is 1.19. The predicted molar refractivity (Wildman–Crippen MR) is 72.9 cm³/mol. The molecule has 1 fully saturated rings. The molecule has 0 spiro atoms. The van der Waals surface area contributed by atoms with Crippen molar-refractivity contribution < 1.29 is 0 Å². The fourth-order valence-corrected chi connectivity index (χ4v) is 2.56. The van der Waals surface area contributed by atoms with E-state index in [1.165, 1.54) is 38.0 Å². The van der Waals surface area contributed by atoms with Crippen LogP contribution in [0.4, 0.5) is 5.69 Å². The van der Waals surface area contributed by atoms with Crippen molar-refractivity contribution in [1.29, 1.82) is 0 Å². The highest BCUT2D eigenvalue weighted by molar-refractivity contribution is 9.10. The Morgan fingerprint density at radius 2 is 1.88 bits per heavy atom. The van der Waals surface area contributed by atoms with Crippen molar-refractivity contribution in [2.75, 3.05) is 31.5 Å². The van der Waals surface area contributed by atoms with Gasteiger partial charge in [0.25, 0.3) is 0 Å². The maximum Gasteiger partial charge on any atom is 0.0485 e. The molecule has 88 valence electrons. The highest BCUT2D eigenvalue weighted by Gasteiger charge is 2.08. The molecule has 2 nitrogen and oxygen atoms in total. The first-order valence-electron chi connectivity index (χ1n) is 6.07. The molecule has 2 rings (SSSR count). The van der Waals surface area contributed by atoms with Gasteiger partial charge in [-0.05, 0) is 54.0 Å². The Balaban J connectivity index is 1.73. The number of benzene rings is 1. The third-order valence-electron chi connectivity index (χ3n) is 3.07. The van der Waals surface area contributed by atoms with Crippen LogP contribution in [-0.4, -0.2) is 31.1 Å². The molecule has 1 heterocycles. The van der Waals surface area contributed by atoms with E-state index in [1.807, 2.05) is 6.07 Å². The summed E-state index contributed by atoms with van der Waals surface area (Å²) >= 11 is 3.55. The summed E-state index contributed by atoms with van der Waals surface area (Å²) in [6.45, 7) is 4.74. The van der Waals surface area contributed by atoms with E-state index in [0.717, 1.165) is 17.6 Å². The smallest absolute Gasteiger partial charge is 0.0485 e. The molecule has 1 aliphatic heterocycles. The number of hydrogen-bond acceptors (Lipinski definition) is 2. The van der Waals surface area contributed by atoms with Crippen molar-refractivity contribution in [3.05, 3.63) is 28.7 Å². The van der Waals surface area contributed by atoms with E-state index in [2.05, 4.69) is 44.3 Å². The zero-order valence-electron chi connectivity index (χ0n) is 9.58. The number of rotatable bonds is 4. The fraction of sp³-hybridized carbons (Fsp3) is 0.538. The van der Waals surface area contributed by atoms with Crippen molar-refractivity contribution in [3.8, 4) is 0 Å².